The topological polar surface area (TPSA) is 89.6 Å². The minimum Gasteiger partial charge on any atom is -0.493 e. The summed E-state index contributed by atoms with van der Waals surface area (Å²) in [4.78, 5) is 20.8. The van der Waals surface area contributed by atoms with E-state index in [4.69, 9.17) is 14.8 Å². The van der Waals surface area contributed by atoms with E-state index in [1.54, 1.807) is 18.2 Å². The first-order valence-corrected chi connectivity index (χ1v) is 9.94. The van der Waals surface area contributed by atoms with Crippen LogP contribution in [0.3, 0.4) is 0 Å². The molecule has 1 N–H and O–H groups in total. The lowest BCUT2D eigenvalue weighted by atomic mass is 10.0. The Hall–Kier alpha value is -4.52. The molecule has 0 fully saturated rings. The molecule has 0 spiro atoms. The van der Waals surface area contributed by atoms with Gasteiger partial charge in [0.15, 0.2) is 5.76 Å². The fourth-order valence-corrected chi connectivity index (χ4v) is 3.52. The molecular weight excluding hydrogens is 404 g/mol. The maximum atomic E-state index is 11.8. The van der Waals surface area contributed by atoms with Gasteiger partial charge in [-0.1, -0.05) is 66.7 Å². The van der Waals surface area contributed by atoms with Crippen molar-refractivity contribution in [2.24, 2.45) is 0 Å². The lowest BCUT2D eigenvalue weighted by Gasteiger charge is -2.10. The third-order valence-electron chi connectivity index (χ3n) is 5.07. The van der Waals surface area contributed by atoms with E-state index in [1.165, 1.54) is 17.7 Å². The van der Waals surface area contributed by atoms with Crippen molar-refractivity contribution in [1.29, 1.82) is 0 Å². The summed E-state index contributed by atoms with van der Waals surface area (Å²) < 4.78 is 6.62. The quantitative estimate of drug-likeness (QED) is 0.530. The average molecular weight is 422 g/mol. The highest BCUT2D eigenvalue weighted by Gasteiger charge is 2.19. The number of allylic oxidation sites excluding steroid dienone is 4. The van der Waals surface area contributed by atoms with Gasteiger partial charge in [-0.05, 0) is 23.8 Å². The lowest BCUT2D eigenvalue weighted by molar-refractivity contribution is -0.114. The lowest BCUT2D eigenvalue weighted by Crippen LogP contribution is -2.05. The second-order valence-corrected chi connectivity index (χ2v) is 7.13. The second kappa shape index (κ2) is 7.96. The fourth-order valence-electron chi connectivity index (χ4n) is 3.52. The largest absolute Gasteiger partial charge is 0.493 e. The highest BCUT2D eigenvalue weighted by molar-refractivity contribution is 6.05. The number of rotatable bonds is 4. The number of imidazole rings is 1. The molecule has 0 aliphatic heterocycles. The summed E-state index contributed by atoms with van der Waals surface area (Å²) in [5.74, 6) is 0.0549. The Morgan fingerprint density at radius 3 is 2.22 bits per heavy atom. The molecule has 0 radical (unpaired) electrons. The summed E-state index contributed by atoms with van der Waals surface area (Å²) in [6.45, 7) is 0. The summed E-state index contributed by atoms with van der Waals surface area (Å²) in [5.41, 5.74) is 4.11. The third-order valence-corrected chi connectivity index (χ3v) is 5.07. The number of hydrogen-bond acceptors (Lipinski definition) is 6. The van der Waals surface area contributed by atoms with Crippen LogP contribution in [0.2, 0.25) is 0 Å². The first-order chi connectivity index (χ1) is 15.6. The van der Waals surface area contributed by atoms with Crippen LogP contribution < -0.4 is 0 Å². The van der Waals surface area contributed by atoms with E-state index >= 15 is 0 Å². The zero-order valence-electron chi connectivity index (χ0n) is 17.1. The first kappa shape index (κ1) is 19.4. The van der Waals surface area contributed by atoms with Crippen molar-refractivity contribution in [2.45, 2.75) is 0 Å². The van der Waals surface area contributed by atoms with E-state index in [0.717, 1.165) is 11.1 Å². The minimum absolute atomic E-state index is 0.209. The van der Waals surface area contributed by atoms with Gasteiger partial charge in [0, 0.05) is 11.1 Å². The van der Waals surface area contributed by atoms with Gasteiger partial charge in [0.1, 0.15) is 17.1 Å². The van der Waals surface area contributed by atoms with Crippen LogP contribution in [0.15, 0.2) is 90.2 Å². The maximum absolute atomic E-state index is 11.8. The van der Waals surface area contributed by atoms with Crippen molar-refractivity contribution >= 4 is 17.6 Å². The Kier molecular flexibility index (Phi) is 4.84. The van der Waals surface area contributed by atoms with Gasteiger partial charge < -0.3 is 9.84 Å². The van der Waals surface area contributed by atoms with Crippen LogP contribution in [0, 0.1) is 0 Å². The number of methoxy groups -OCH3 is 1. The Balaban J connectivity index is 1.73. The van der Waals surface area contributed by atoms with Gasteiger partial charge >= 0.3 is 0 Å². The van der Waals surface area contributed by atoms with Crippen LogP contribution >= 0.6 is 0 Å². The number of aromatic nitrogens is 4. The number of hydrogen-bond donors (Lipinski definition) is 1. The predicted molar refractivity (Wildman–Crippen MR) is 121 cm³/mol. The third kappa shape index (κ3) is 3.45. The van der Waals surface area contributed by atoms with Crippen molar-refractivity contribution in [3.63, 3.8) is 0 Å². The van der Waals surface area contributed by atoms with Gasteiger partial charge in [0.05, 0.1) is 7.11 Å². The molecule has 4 aromatic rings. The van der Waals surface area contributed by atoms with Crippen LogP contribution in [-0.4, -0.2) is 37.6 Å². The van der Waals surface area contributed by atoms with Gasteiger partial charge in [0.25, 0.3) is 5.78 Å². The Morgan fingerprint density at radius 2 is 1.56 bits per heavy atom. The molecule has 0 saturated carbocycles. The van der Waals surface area contributed by atoms with Crippen molar-refractivity contribution in [2.75, 3.05) is 7.11 Å². The smallest absolute Gasteiger partial charge is 0.255 e. The van der Waals surface area contributed by atoms with E-state index in [9.17, 15) is 9.90 Å². The number of ether oxygens (including phenoxy) is 1. The number of aromatic hydroxyl groups is 1. The SMILES string of the molecule is COC1=C/C(=C/c2c(O)nc3nc(-c4ccccc4)c(-c4ccccc4)nn23)C=CC1=O. The summed E-state index contributed by atoms with van der Waals surface area (Å²) in [6.07, 6.45) is 6.35. The molecule has 1 aliphatic rings. The minimum atomic E-state index is -0.217. The van der Waals surface area contributed by atoms with E-state index in [0.29, 0.717) is 22.7 Å². The first-order valence-electron chi connectivity index (χ1n) is 9.94. The molecular formula is C25H18N4O3. The number of nitrogens with zero attached hydrogens (tertiary/aromatic N) is 4. The van der Waals surface area contributed by atoms with Crippen molar-refractivity contribution < 1.29 is 14.6 Å². The number of carbonyl (C=O) groups excluding carboxylic acids is 1. The average Bonchev–Trinajstić information content (AvgIpc) is 3.14. The Morgan fingerprint density at radius 1 is 0.906 bits per heavy atom. The molecule has 0 unspecified atom stereocenters. The van der Waals surface area contributed by atoms with Crippen molar-refractivity contribution in [3.05, 3.63) is 95.9 Å². The molecule has 1 aliphatic carbocycles. The van der Waals surface area contributed by atoms with Gasteiger partial charge in [-0.15, -0.1) is 0 Å². The van der Waals surface area contributed by atoms with Gasteiger partial charge in [0.2, 0.25) is 11.7 Å². The number of benzene rings is 2. The zero-order valence-corrected chi connectivity index (χ0v) is 17.1. The summed E-state index contributed by atoms with van der Waals surface area (Å²) in [7, 11) is 1.44. The normalized spacial score (nSPS) is 14.7. The molecule has 32 heavy (non-hydrogen) atoms. The van der Waals surface area contributed by atoms with Crippen LogP contribution in [-0.2, 0) is 9.53 Å². The molecule has 2 heterocycles. The van der Waals surface area contributed by atoms with Gasteiger partial charge in [-0.25, -0.2) is 4.98 Å². The second-order valence-electron chi connectivity index (χ2n) is 7.13. The number of carbonyl (C=O) groups is 1. The highest BCUT2D eigenvalue weighted by atomic mass is 16.5. The summed E-state index contributed by atoms with van der Waals surface area (Å²) in [6, 6.07) is 19.5. The predicted octanol–water partition coefficient (Wildman–Crippen LogP) is 4.22. The van der Waals surface area contributed by atoms with Gasteiger partial charge in [-0.3, -0.25) is 4.79 Å². The Labute approximate surface area is 183 Å². The maximum Gasteiger partial charge on any atom is 0.255 e. The number of ketones is 1. The fraction of sp³-hybridized carbons (Fsp3) is 0.0400. The van der Waals surface area contributed by atoms with Crippen LogP contribution in [0.4, 0.5) is 0 Å². The Bertz CT molecular complexity index is 1420. The number of fused-ring (bicyclic) bond motifs is 1. The van der Waals surface area contributed by atoms with Crippen molar-refractivity contribution in [3.8, 4) is 28.4 Å². The standard InChI is InChI=1S/C25H18N4O3/c1-32-21-15-16(12-13-20(21)30)14-19-24(31)27-25-26-22(17-8-4-2-5-9-17)23(28-29(19)25)18-10-6-3-7-11-18/h2-15,31H,1H3/b16-14+. The summed E-state index contributed by atoms with van der Waals surface area (Å²) >= 11 is 0. The molecule has 7 heteroatoms. The molecule has 0 amide bonds. The molecule has 0 bridgehead atoms. The monoisotopic (exact) mass is 422 g/mol. The van der Waals surface area contributed by atoms with Gasteiger partial charge in [-0.2, -0.15) is 14.6 Å². The van der Waals surface area contributed by atoms with E-state index in [2.05, 4.69) is 4.98 Å². The molecule has 0 atom stereocenters. The van der Waals surface area contributed by atoms with Crippen LogP contribution in [0.25, 0.3) is 34.4 Å². The molecule has 2 aromatic heterocycles. The van der Waals surface area contributed by atoms with Crippen LogP contribution in [0.1, 0.15) is 5.69 Å². The molecule has 5 rings (SSSR count). The molecule has 156 valence electrons. The molecule has 7 nitrogen and oxygen atoms in total. The summed E-state index contributed by atoms with van der Waals surface area (Å²) in [5, 5.41) is 15.4. The molecule has 2 aromatic carbocycles. The van der Waals surface area contributed by atoms with E-state index in [1.807, 2.05) is 60.7 Å². The highest BCUT2D eigenvalue weighted by Crippen LogP contribution is 2.31. The zero-order chi connectivity index (χ0) is 22.1. The molecule has 0 saturated heterocycles. The van der Waals surface area contributed by atoms with E-state index in [-0.39, 0.29) is 23.2 Å². The van der Waals surface area contributed by atoms with Crippen molar-refractivity contribution in [1.82, 2.24) is 19.6 Å². The van der Waals surface area contributed by atoms with Crippen LogP contribution in [0.5, 0.6) is 5.88 Å². The van der Waals surface area contributed by atoms with E-state index < -0.39 is 0 Å².